The van der Waals surface area contributed by atoms with Gasteiger partial charge in [-0.05, 0) is 24.3 Å². The second-order valence-electron chi connectivity index (χ2n) is 3.63. The zero-order valence-corrected chi connectivity index (χ0v) is 9.77. The zero-order chi connectivity index (χ0) is 10.1. The minimum absolute atomic E-state index is 0.735. The molecule has 1 aliphatic rings. The number of hydrogen-bond acceptors (Lipinski definition) is 5. The first-order valence-electron chi connectivity index (χ1n) is 5.01. The molecule has 1 fully saturated rings. The molecule has 3 rings (SSSR count). The quantitative estimate of drug-likeness (QED) is 0.888. The van der Waals surface area contributed by atoms with E-state index in [-0.39, 0.29) is 0 Å². The van der Waals surface area contributed by atoms with Crippen molar-refractivity contribution in [3.63, 3.8) is 0 Å². The summed E-state index contributed by atoms with van der Waals surface area (Å²) in [6.07, 6.45) is 2.63. The van der Waals surface area contributed by atoms with Crippen molar-refractivity contribution in [1.82, 2.24) is 15.5 Å². The van der Waals surface area contributed by atoms with Crippen molar-refractivity contribution in [3.05, 3.63) is 22.5 Å². The van der Waals surface area contributed by atoms with E-state index in [1.165, 1.54) is 17.7 Å². The highest BCUT2D eigenvalue weighted by Gasteiger charge is 2.20. The van der Waals surface area contributed by atoms with Crippen molar-refractivity contribution in [3.8, 4) is 9.88 Å². The standard InChI is InChI=1S/C10H11N3S2/c1-2-8(14-5-1)10-13-12-9(15-10)6-11-7-3-4-7/h1-2,5,7,11H,3-4,6H2. The second-order valence-corrected chi connectivity index (χ2v) is 5.64. The van der Waals surface area contributed by atoms with Crippen LogP contribution >= 0.6 is 22.7 Å². The van der Waals surface area contributed by atoms with Gasteiger partial charge in [-0.25, -0.2) is 0 Å². The van der Waals surface area contributed by atoms with Crippen LogP contribution in [0.1, 0.15) is 17.8 Å². The van der Waals surface area contributed by atoms with Gasteiger partial charge in [0.25, 0.3) is 0 Å². The molecule has 3 nitrogen and oxygen atoms in total. The highest BCUT2D eigenvalue weighted by Crippen LogP contribution is 2.28. The van der Waals surface area contributed by atoms with Gasteiger partial charge >= 0.3 is 0 Å². The van der Waals surface area contributed by atoms with Crippen molar-refractivity contribution in [2.45, 2.75) is 25.4 Å². The lowest BCUT2D eigenvalue weighted by Crippen LogP contribution is -2.14. The second kappa shape index (κ2) is 4.00. The van der Waals surface area contributed by atoms with Crippen molar-refractivity contribution >= 4 is 22.7 Å². The molecule has 0 radical (unpaired) electrons. The first-order chi connectivity index (χ1) is 7.42. The van der Waals surface area contributed by atoms with E-state index in [0.717, 1.165) is 22.6 Å². The van der Waals surface area contributed by atoms with Gasteiger partial charge in [-0.1, -0.05) is 17.4 Å². The Morgan fingerprint density at radius 1 is 1.40 bits per heavy atom. The smallest absolute Gasteiger partial charge is 0.157 e. The third-order valence-corrected chi connectivity index (χ3v) is 4.28. The van der Waals surface area contributed by atoms with E-state index in [9.17, 15) is 0 Å². The van der Waals surface area contributed by atoms with Gasteiger partial charge in [0.05, 0.1) is 4.88 Å². The summed E-state index contributed by atoms with van der Waals surface area (Å²) in [5.41, 5.74) is 0. The fourth-order valence-electron chi connectivity index (χ4n) is 1.34. The summed E-state index contributed by atoms with van der Waals surface area (Å²) in [4.78, 5) is 1.21. The number of nitrogens with zero attached hydrogens (tertiary/aromatic N) is 2. The molecule has 2 aromatic heterocycles. The fourth-order valence-corrected chi connectivity index (χ4v) is 2.93. The number of nitrogens with one attached hydrogen (secondary N) is 1. The molecule has 1 saturated carbocycles. The Bertz CT molecular complexity index is 431. The number of aromatic nitrogens is 2. The third kappa shape index (κ3) is 2.25. The van der Waals surface area contributed by atoms with Gasteiger partial charge in [0.1, 0.15) is 5.01 Å². The van der Waals surface area contributed by atoms with Crippen LogP contribution in [0, 0.1) is 0 Å². The molecule has 0 spiro atoms. The Hall–Kier alpha value is -0.780. The largest absolute Gasteiger partial charge is 0.308 e. The monoisotopic (exact) mass is 237 g/mol. The summed E-state index contributed by atoms with van der Waals surface area (Å²) in [5, 5.41) is 16.0. The molecule has 78 valence electrons. The molecule has 0 amide bonds. The van der Waals surface area contributed by atoms with Gasteiger partial charge in [0.2, 0.25) is 0 Å². The van der Waals surface area contributed by atoms with E-state index in [1.807, 2.05) is 6.07 Å². The predicted octanol–water partition coefficient (Wildman–Crippen LogP) is 2.52. The van der Waals surface area contributed by atoms with Crippen LogP contribution in [0.2, 0.25) is 0 Å². The molecule has 0 aromatic carbocycles. The highest BCUT2D eigenvalue weighted by atomic mass is 32.1. The normalized spacial score (nSPS) is 15.7. The Labute approximate surface area is 96.2 Å². The van der Waals surface area contributed by atoms with Crippen LogP contribution in [0.5, 0.6) is 0 Å². The average Bonchev–Trinajstić information content (AvgIpc) is 2.78. The molecule has 0 aliphatic heterocycles. The summed E-state index contributed by atoms with van der Waals surface area (Å²) in [5.74, 6) is 0. The van der Waals surface area contributed by atoms with Crippen molar-refractivity contribution < 1.29 is 0 Å². The van der Waals surface area contributed by atoms with Crippen LogP contribution in [-0.4, -0.2) is 16.2 Å². The van der Waals surface area contributed by atoms with Crippen LogP contribution in [0.3, 0.4) is 0 Å². The molecule has 15 heavy (non-hydrogen) atoms. The summed E-state index contributed by atoms with van der Waals surface area (Å²) in [7, 11) is 0. The van der Waals surface area contributed by atoms with Crippen LogP contribution in [0.15, 0.2) is 17.5 Å². The molecule has 1 aliphatic carbocycles. The Balaban J connectivity index is 1.69. The Kier molecular flexibility index (Phi) is 2.52. The van der Waals surface area contributed by atoms with Crippen LogP contribution in [0.4, 0.5) is 0 Å². The van der Waals surface area contributed by atoms with Gasteiger partial charge in [-0.15, -0.1) is 21.5 Å². The third-order valence-electron chi connectivity index (χ3n) is 2.32. The minimum Gasteiger partial charge on any atom is -0.308 e. The summed E-state index contributed by atoms with van der Waals surface area (Å²) < 4.78 is 0. The number of hydrogen-bond donors (Lipinski definition) is 1. The van der Waals surface area contributed by atoms with Crippen LogP contribution in [0.25, 0.3) is 9.88 Å². The van der Waals surface area contributed by atoms with Crippen molar-refractivity contribution in [2.75, 3.05) is 0 Å². The fraction of sp³-hybridized carbons (Fsp3) is 0.400. The van der Waals surface area contributed by atoms with E-state index in [4.69, 9.17) is 0 Å². The molecular weight excluding hydrogens is 226 g/mol. The lowest BCUT2D eigenvalue weighted by molar-refractivity contribution is 0.679. The maximum absolute atomic E-state index is 4.20. The lowest BCUT2D eigenvalue weighted by atomic mass is 10.5. The predicted molar refractivity (Wildman–Crippen MR) is 63.1 cm³/mol. The van der Waals surface area contributed by atoms with E-state index in [1.54, 1.807) is 22.7 Å². The maximum Gasteiger partial charge on any atom is 0.157 e. The first-order valence-corrected chi connectivity index (χ1v) is 6.71. The molecule has 0 atom stereocenters. The SMILES string of the molecule is c1csc(-c2nnc(CNC3CC3)s2)c1. The molecular formula is C10H11N3S2. The summed E-state index contributed by atoms with van der Waals surface area (Å²) >= 11 is 3.40. The van der Waals surface area contributed by atoms with E-state index >= 15 is 0 Å². The minimum atomic E-state index is 0.735. The van der Waals surface area contributed by atoms with Gasteiger partial charge in [-0.2, -0.15) is 0 Å². The number of rotatable bonds is 4. The van der Waals surface area contributed by atoms with Crippen LogP contribution < -0.4 is 5.32 Å². The van der Waals surface area contributed by atoms with Gasteiger partial charge in [-0.3, -0.25) is 0 Å². The van der Waals surface area contributed by atoms with Gasteiger partial charge < -0.3 is 5.32 Å². The van der Waals surface area contributed by atoms with Crippen LogP contribution in [-0.2, 0) is 6.54 Å². The lowest BCUT2D eigenvalue weighted by Gasteiger charge is -1.95. The maximum atomic E-state index is 4.20. The topological polar surface area (TPSA) is 37.8 Å². The molecule has 0 saturated heterocycles. The molecule has 2 aromatic rings. The van der Waals surface area contributed by atoms with E-state index < -0.39 is 0 Å². The highest BCUT2D eigenvalue weighted by molar-refractivity contribution is 7.20. The Morgan fingerprint density at radius 2 is 2.33 bits per heavy atom. The Morgan fingerprint density at radius 3 is 3.07 bits per heavy atom. The first kappa shape index (κ1) is 9.45. The van der Waals surface area contributed by atoms with Crippen molar-refractivity contribution in [1.29, 1.82) is 0 Å². The summed E-state index contributed by atoms with van der Waals surface area (Å²) in [6, 6.07) is 4.87. The van der Waals surface area contributed by atoms with Gasteiger partial charge in [0.15, 0.2) is 5.01 Å². The molecule has 2 heterocycles. The van der Waals surface area contributed by atoms with Gasteiger partial charge in [0, 0.05) is 12.6 Å². The van der Waals surface area contributed by atoms with Crippen molar-refractivity contribution in [2.24, 2.45) is 0 Å². The molecule has 1 N–H and O–H groups in total. The van der Waals surface area contributed by atoms with E-state index in [2.05, 4.69) is 27.0 Å². The van der Waals surface area contributed by atoms with E-state index in [0.29, 0.717) is 0 Å². The zero-order valence-electron chi connectivity index (χ0n) is 8.14. The number of thiophene rings is 1. The molecule has 0 unspecified atom stereocenters. The molecule has 5 heteroatoms. The molecule has 0 bridgehead atoms. The average molecular weight is 237 g/mol. The summed E-state index contributed by atoms with van der Waals surface area (Å²) in [6.45, 7) is 0.869.